The van der Waals surface area contributed by atoms with E-state index in [9.17, 15) is 9.90 Å². The summed E-state index contributed by atoms with van der Waals surface area (Å²) in [6.45, 7) is 4.50. The van der Waals surface area contributed by atoms with Crippen molar-refractivity contribution in [2.75, 3.05) is 0 Å². The zero-order valence-corrected chi connectivity index (χ0v) is 13.8. The van der Waals surface area contributed by atoms with Crippen LogP contribution in [0.2, 0.25) is 0 Å². The molecule has 1 saturated carbocycles. The SMILES string of the molecule is CC1CC(C)CC(C(Cc2ccccc2Br)C(=O)O)C1. The topological polar surface area (TPSA) is 37.3 Å². The molecule has 0 radical (unpaired) electrons. The second kappa shape index (κ2) is 6.75. The van der Waals surface area contributed by atoms with Gasteiger partial charge in [-0.3, -0.25) is 4.79 Å². The number of benzene rings is 1. The fraction of sp³-hybridized carbons (Fsp3) is 0.588. The summed E-state index contributed by atoms with van der Waals surface area (Å²) in [6.07, 6.45) is 3.95. The lowest BCUT2D eigenvalue weighted by atomic mass is 9.70. The maximum atomic E-state index is 11.7. The van der Waals surface area contributed by atoms with Crippen LogP contribution in [-0.4, -0.2) is 11.1 Å². The van der Waals surface area contributed by atoms with Crippen molar-refractivity contribution in [3.05, 3.63) is 34.3 Å². The first kappa shape index (κ1) is 15.6. The lowest BCUT2D eigenvalue weighted by Gasteiger charge is -2.35. The van der Waals surface area contributed by atoms with Gasteiger partial charge in [-0.05, 0) is 55.1 Å². The third kappa shape index (κ3) is 3.85. The van der Waals surface area contributed by atoms with Crippen molar-refractivity contribution in [1.29, 1.82) is 0 Å². The van der Waals surface area contributed by atoms with E-state index < -0.39 is 5.97 Å². The highest BCUT2D eigenvalue weighted by Gasteiger charge is 2.34. The van der Waals surface area contributed by atoms with Gasteiger partial charge in [-0.25, -0.2) is 0 Å². The van der Waals surface area contributed by atoms with Crippen LogP contribution in [0.1, 0.15) is 38.7 Å². The van der Waals surface area contributed by atoms with Gasteiger partial charge in [0.15, 0.2) is 0 Å². The summed E-state index contributed by atoms with van der Waals surface area (Å²) in [4.78, 5) is 11.7. The molecule has 0 bridgehead atoms. The second-order valence-electron chi connectivity index (χ2n) is 6.42. The number of carboxylic acids is 1. The minimum atomic E-state index is -0.646. The van der Waals surface area contributed by atoms with Gasteiger partial charge >= 0.3 is 5.97 Å². The fourth-order valence-corrected chi connectivity index (χ4v) is 4.14. The Balaban J connectivity index is 2.15. The largest absolute Gasteiger partial charge is 0.481 e. The number of rotatable bonds is 4. The molecule has 3 unspecified atom stereocenters. The van der Waals surface area contributed by atoms with Gasteiger partial charge < -0.3 is 5.11 Å². The molecule has 20 heavy (non-hydrogen) atoms. The summed E-state index contributed by atoms with van der Waals surface area (Å²) >= 11 is 3.53. The van der Waals surface area contributed by atoms with E-state index in [2.05, 4.69) is 29.8 Å². The normalized spacial score (nSPS) is 28.1. The van der Waals surface area contributed by atoms with Crippen LogP contribution in [0.4, 0.5) is 0 Å². The van der Waals surface area contributed by atoms with Crippen LogP contribution >= 0.6 is 15.9 Å². The van der Waals surface area contributed by atoms with Crippen molar-refractivity contribution in [3.8, 4) is 0 Å². The molecule has 110 valence electrons. The molecule has 1 aromatic rings. The van der Waals surface area contributed by atoms with Crippen molar-refractivity contribution < 1.29 is 9.90 Å². The Bertz CT molecular complexity index is 462. The van der Waals surface area contributed by atoms with Crippen LogP contribution in [0, 0.1) is 23.7 Å². The predicted molar refractivity (Wildman–Crippen MR) is 84.6 cm³/mol. The molecular weight excluding hydrogens is 316 g/mol. The third-order valence-corrected chi connectivity index (χ3v) is 5.27. The number of aliphatic carboxylic acids is 1. The predicted octanol–water partition coefficient (Wildman–Crippen LogP) is 4.76. The molecule has 1 aliphatic carbocycles. The van der Waals surface area contributed by atoms with Crippen LogP contribution < -0.4 is 0 Å². The highest BCUT2D eigenvalue weighted by molar-refractivity contribution is 9.10. The molecule has 1 N–H and O–H groups in total. The Hall–Kier alpha value is -0.830. The smallest absolute Gasteiger partial charge is 0.307 e. The molecule has 0 heterocycles. The first-order valence-corrected chi connectivity index (χ1v) is 8.23. The summed E-state index contributed by atoms with van der Waals surface area (Å²) in [5.74, 6) is 0.680. The zero-order chi connectivity index (χ0) is 14.7. The molecule has 1 aromatic carbocycles. The van der Waals surface area contributed by atoms with Gasteiger partial charge in [-0.2, -0.15) is 0 Å². The fourth-order valence-electron chi connectivity index (χ4n) is 3.69. The highest BCUT2D eigenvalue weighted by Crippen LogP contribution is 2.38. The van der Waals surface area contributed by atoms with Gasteiger partial charge in [0.05, 0.1) is 5.92 Å². The van der Waals surface area contributed by atoms with E-state index in [1.807, 2.05) is 24.3 Å². The summed E-state index contributed by atoms with van der Waals surface area (Å²) in [5.41, 5.74) is 1.10. The molecule has 0 amide bonds. The Morgan fingerprint density at radius 2 is 1.85 bits per heavy atom. The summed E-state index contributed by atoms with van der Waals surface area (Å²) in [5, 5.41) is 9.63. The zero-order valence-electron chi connectivity index (χ0n) is 12.2. The van der Waals surface area contributed by atoms with Gasteiger partial charge in [0, 0.05) is 4.47 Å². The van der Waals surface area contributed by atoms with Crippen molar-refractivity contribution in [2.45, 2.75) is 39.5 Å². The van der Waals surface area contributed by atoms with Crippen molar-refractivity contribution in [2.24, 2.45) is 23.7 Å². The van der Waals surface area contributed by atoms with Gasteiger partial charge in [-0.15, -0.1) is 0 Å². The Morgan fingerprint density at radius 3 is 2.40 bits per heavy atom. The number of hydrogen-bond acceptors (Lipinski definition) is 1. The average molecular weight is 339 g/mol. The number of carbonyl (C=O) groups is 1. The molecule has 3 heteroatoms. The molecule has 0 aliphatic heterocycles. The first-order valence-electron chi connectivity index (χ1n) is 7.43. The van der Waals surface area contributed by atoms with E-state index in [1.54, 1.807) is 0 Å². The quantitative estimate of drug-likeness (QED) is 0.858. The Kier molecular flexibility index (Phi) is 5.25. The Labute approximate surface area is 129 Å². The first-order chi connectivity index (χ1) is 9.47. The summed E-state index contributed by atoms with van der Waals surface area (Å²) in [6, 6.07) is 7.95. The van der Waals surface area contributed by atoms with Crippen LogP contribution in [0.5, 0.6) is 0 Å². The van der Waals surface area contributed by atoms with Gasteiger partial charge in [0.1, 0.15) is 0 Å². The van der Waals surface area contributed by atoms with Crippen molar-refractivity contribution >= 4 is 21.9 Å². The van der Waals surface area contributed by atoms with Crippen LogP contribution in [0.25, 0.3) is 0 Å². The monoisotopic (exact) mass is 338 g/mol. The molecule has 2 nitrogen and oxygen atoms in total. The van der Waals surface area contributed by atoms with E-state index >= 15 is 0 Å². The van der Waals surface area contributed by atoms with E-state index in [0.717, 1.165) is 22.9 Å². The van der Waals surface area contributed by atoms with E-state index in [0.29, 0.717) is 24.2 Å². The minimum absolute atomic E-state index is 0.265. The molecule has 0 spiro atoms. The number of carboxylic acid groups (broad SMARTS) is 1. The van der Waals surface area contributed by atoms with Crippen molar-refractivity contribution in [3.63, 3.8) is 0 Å². The number of hydrogen-bond donors (Lipinski definition) is 1. The van der Waals surface area contributed by atoms with Crippen LogP contribution in [0.3, 0.4) is 0 Å². The standard InChI is InChI=1S/C17H23BrO2/c1-11-7-12(2)9-14(8-11)15(17(19)20)10-13-5-3-4-6-16(13)18/h3-6,11-12,14-15H,7-10H2,1-2H3,(H,19,20). The molecule has 2 rings (SSSR count). The average Bonchev–Trinajstić information content (AvgIpc) is 2.36. The summed E-state index contributed by atoms with van der Waals surface area (Å²) < 4.78 is 1.02. The van der Waals surface area contributed by atoms with Crippen LogP contribution in [-0.2, 0) is 11.2 Å². The maximum absolute atomic E-state index is 11.7. The molecule has 1 aliphatic rings. The third-order valence-electron chi connectivity index (χ3n) is 4.50. The highest BCUT2D eigenvalue weighted by atomic mass is 79.9. The lowest BCUT2D eigenvalue weighted by molar-refractivity contribution is -0.144. The number of halogens is 1. The molecule has 0 saturated heterocycles. The minimum Gasteiger partial charge on any atom is -0.481 e. The Morgan fingerprint density at radius 1 is 1.25 bits per heavy atom. The summed E-state index contributed by atoms with van der Waals surface area (Å²) in [7, 11) is 0. The second-order valence-corrected chi connectivity index (χ2v) is 7.27. The molecule has 3 atom stereocenters. The maximum Gasteiger partial charge on any atom is 0.307 e. The lowest BCUT2D eigenvalue weighted by Crippen LogP contribution is -2.32. The van der Waals surface area contributed by atoms with Gasteiger partial charge in [-0.1, -0.05) is 48.0 Å². The van der Waals surface area contributed by atoms with Crippen LogP contribution in [0.15, 0.2) is 28.7 Å². The van der Waals surface area contributed by atoms with Gasteiger partial charge in [0.25, 0.3) is 0 Å². The van der Waals surface area contributed by atoms with E-state index in [1.165, 1.54) is 6.42 Å². The van der Waals surface area contributed by atoms with E-state index in [-0.39, 0.29) is 5.92 Å². The molecule has 1 fully saturated rings. The van der Waals surface area contributed by atoms with Gasteiger partial charge in [0.2, 0.25) is 0 Å². The van der Waals surface area contributed by atoms with E-state index in [4.69, 9.17) is 0 Å². The molecule has 0 aromatic heterocycles. The van der Waals surface area contributed by atoms with Crippen molar-refractivity contribution in [1.82, 2.24) is 0 Å². The molecular formula is C17H23BrO2.